The molecule has 0 fully saturated rings. The average Bonchev–Trinajstić information content (AvgIpc) is 3.14. The molecule has 2 heterocycles. The maximum Gasteiger partial charge on any atom is 0.387 e. The van der Waals surface area contributed by atoms with Crippen LogP contribution in [-0.2, 0) is 22.9 Å². The molecule has 0 saturated heterocycles. The second kappa shape index (κ2) is 9.93. The first-order valence-electron chi connectivity index (χ1n) is 9.18. The highest BCUT2D eigenvalue weighted by Crippen LogP contribution is 2.19. The number of halogens is 3. The van der Waals surface area contributed by atoms with Gasteiger partial charge in [0, 0.05) is 28.0 Å². The van der Waals surface area contributed by atoms with Crippen molar-refractivity contribution >= 4 is 27.3 Å². The van der Waals surface area contributed by atoms with E-state index < -0.39 is 22.4 Å². The lowest BCUT2D eigenvalue weighted by molar-refractivity contribution is -0.692. The lowest BCUT2D eigenvalue weighted by Crippen LogP contribution is -2.40. The summed E-state index contributed by atoms with van der Waals surface area (Å²) >= 11 is 5.97. The quantitative estimate of drug-likeness (QED) is 0.376. The van der Waals surface area contributed by atoms with E-state index in [0.717, 1.165) is 12.5 Å². The van der Waals surface area contributed by atoms with Gasteiger partial charge in [0.1, 0.15) is 18.8 Å². The van der Waals surface area contributed by atoms with Crippen molar-refractivity contribution in [3.63, 3.8) is 0 Å². The number of nitrogens with zero attached hydrogens (tertiary/aromatic N) is 4. The Morgan fingerprint density at radius 2 is 2.12 bits per heavy atom. The molecule has 3 aromatic rings. The third-order valence-corrected chi connectivity index (χ3v) is 5.59. The maximum absolute atomic E-state index is 12.7. The largest absolute Gasteiger partial charge is 0.433 e. The summed E-state index contributed by atoms with van der Waals surface area (Å²) in [4.78, 5) is 16.6. The number of carbonyl (C=O) groups excluding carboxylic acids is 1. The summed E-state index contributed by atoms with van der Waals surface area (Å²) in [6, 6.07) is 6.50. The highest BCUT2D eigenvalue weighted by molar-refractivity contribution is 7.90. The minimum Gasteiger partial charge on any atom is -0.433 e. The van der Waals surface area contributed by atoms with E-state index in [9.17, 15) is 22.0 Å². The molecule has 0 radical (unpaired) electrons. The molecule has 9 nitrogen and oxygen atoms in total. The van der Waals surface area contributed by atoms with Crippen molar-refractivity contribution in [3.05, 3.63) is 59.3 Å². The van der Waals surface area contributed by atoms with Crippen molar-refractivity contribution in [1.29, 1.82) is 0 Å². The molecule has 0 spiro atoms. The van der Waals surface area contributed by atoms with Gasteiger partial charge in [-0.3, -0.25) is 4.79 Å². The zero-order chi connectivity index (χ0) is 24.2. The number of alkyl halides is 2. The summed E-state index contributed by atoms with van der Waals surface area (Å²) in [5, 5.41) is 6.94. The van der Waals surface area contributed by atoms with E-state index in [4.69, 9.17) is 18.0 Å². The highest BCUT2D eigenvalue weighted by Gasteiger charge is 2.23. The Morgan fingerprint density at radius 3 is 2.73 bits per heavy atom. The molecule has 2 aromatic heterocycles. The van der Waals surface area contributed by atoms with Crippen molar-refractivity contribution in [1.82, 2.24) is 20.1 Å². The minimum atomic E-state index is -3.58. The lowest BCUT2D eigenvalue weighted by atomic mass is 10.2. The smallest absolute Gasteiger partial charge is 0.387 e. The van der Waals surface area contributed by atoms with Gasteiger partial charge in [0.25, 0.3) is 18.1 Å². The Kier molecular flexibility index (Phi) is 7.25. The van der Waals surface area contributed by atoms with Crippen LogP contribution in [0.2, 0.25) is 5.02 Å². The molecule has 1 N–H and O–H groups in total. The van der Waals surface area contributed by atoms with E-state index in [0.29, 0.717) is 5.82 Å². The number of hydrogen-bond donors (Lipinski definition) is 1. The summed E-state index contributed by atoms with van der Waals surface area (Å²) in [7, 11) is -3.58. The Bertz CT molecular complexity index is 1320. The van der Waals surface area contributed by atoms with E-state index >= 15 is 0 Å². The van der Waals surface area contributed by atoms with Crippen LogP contribution in [-0.4, -0.2) is 42.0 Å². The van der Waals surface area contributed by atoms with Gasteiger partial charge >= 0.3 is 6.61 Å². The number of nitrogens with one attached hydrogen (secondary N) is 1. The van der Waals surface area contributed by atoms with Gasteiger partial charge in [-0.25, -0.2) is 18.0 Å². The fourth-order valence-corrected chi connectivity index (χ4v) is 3.79. The summed E-state index contributed by atoms with van der Waals surface area (Å²) < 4.78 is 55.6. The summed E-state index contributed by atoms with van der Waals surface area (Å²) in [5.41, 5.74) is 0.0455. The Hall–Kier alpha value is -3.56. The van der Waals surface area contributed by atoms with Crippen LogP contribution < -0.4 is 14.6 Å². The Balaban J connectivity index is 1.87. The first kappa shape index (κ1) is 24.1. The molecule has 1 aromatic carbocycles. The number of aromatic nitrogens is 4. The van der Waals surface area contributed by atoms with Crippen LogP contribution in [0, 0.1) is 12.3 Å². The molecule has 172 valence electrons. The minimum absolute atomic E-state index is 0.0455. The number of benzene rings is 1. The van der Waals surface area contributed by atoms with E-state index in [1.807, 2.05) is 0 Å². The number of sulfone groups is 1. The van der Waals surface area contributed by atoms with Gasteiger partial charge in [-0.1, -0.05) is 22.2 Å². The van der Waals surface area contributed by atoms with Crippen LogP contribution in [0.25, 0.3) is 5.82 Å². The van der Waals surface area contributed by atoms with Crippen LogP contribution in [0.4, 0.5) is 8.78 Å². The molecule has 0 bridgehead atoms. The van der Waals surface area contributed by atoms with Crippen LogP contribution in [0.5, 0.6) is 5.75 Å². The Labute approximate surface area is 192 Å². The molecule has 3 rings (SSSR count). The Morgan fingerprint density at radius 1 is 1.36 bits per heavy atom. The monoisotopic (exact) mass is 496 g/mol. The molecule has 0 atom stereocenters. The number of terminal acetylenes is 1. The summed E-state index contributed by atoms with van der Waals surface area (Å²) in [6.07, 6.45) is 8.93. The molecule has 1 amide bonds. The van der Waals surface area contributed by atoms with Crippen molar-refractivity contribution < 1.29 is 31.3 Å². The third kappa shape index (κ3) is 6.03. The highest BCUT2D eigenvalue weighted by atomic mass is 35.5. The maximum atomic E-state index is 12.7. The van der Waals surface area contributed by atoms with Gasteiger partial charge in [0.15, 0.2) is 9.84 Å². The summed E-state index contributed by atoms with van der Waals surface area (Å²) in [6.45, 7) is -2.92. The summed E-state index contributed by atoms with van der Waals surface area (Å²) in [5.74, 6) is 2.42. The van der Waals surface area contributed by atoms with Crippen molar-refractivity contribution in [2.75, 3.05) is 6.26 Å². The predicted molar refractivity (Wildman–Crippen MR) is 113 cm³/mol. The SMILES string of the molecule is C#CC[n+]1cnn(-c2ccc(OC(F)F)cn2)c1CNC(=O)c1cc(Cl)cc(S(C)(=O)=O)c1. The second-order valence-electron chi connectivity index (χ2n) is 6.65. The van der Waals surface area contributed by atoms with Crippen LogP contribution in [0.3, 0.4) is 0 Å². The topological polar surface area (TPSA) is 107 Å². The number of pyridine rings is 1. The molecule has 0 aliphatic rings. The fourth-order valence-electron chi connectivity index (χ4n) is 2.81. The van der Waals surface area contributed by atoms with Gasteiger partial charge in [-0.2, -0.15) is 8.78 Å². The molecule has 33 heavy (non-hydrogen) atoms. The van der Waals surface area contributed by atoms with E-state index in [1.54, 1.807) is 4.57 Å². The zero-order valence-electron chi connectivity index (χ0n) is 17.1. The number of rotatable bonds is 8. The van der Waals surface area contributed by atoms with Crippen LogP contribution in [0.15, 0.2) is 47.8 Å². The van der Waals surface area contributed by atoms with E-state index in [-0.39, 0.29) is 40.1 Å². The molecule has 0 saturated carbocycles. The first-order valence-corrected chi connectivity index (χ1v) is 11.5. The average molecular weight is 497 g/mol. The molecule has 0 aliphatic carbocycles. The van der Waals surface area contributed by atoms with Crippen molar-refractivity contribution in [2.24, 2.45) is 0 Å². The number of carbonyl (C=O) groups is 1. The second-order valence-corrected chi connectivity index (χ2v) is 9.10. The molecule has 0 unspecified atom stereocenters. The van der Waals surface area contributed by atoms with E-state index in [1.165, 1.54) is 41.3 Å². The van der Waals surface area contributed by atoms with Gasteiger partial charge in [-0.05, 0) is 24.3 Å². The first-order chi connectivity index (χ1) is 15.6. The van der Waals surface area contributed by atoms with Crippen molar-refractivity contribution in [3.8, 4) is 23.9 Å². The third-order valence-electron chi connectivity index (χ3n) is 4.28. The van der Waals surface area contributed by atoms with Crippen molar-refractivity contribution in [2.45, 2.75) is 24.6 Å². The van der Waals surface area contributed by atoms with Crippen LogP contribution in [0.1, 0.15) is 16.2 Å². The van der Waals surface area contributed by atoms with Gasteiger partial charge < -0.3 is 10.1 Å². The standard InChI is InChI=1S/C20H16ClF2N5O4S/c1-3-6-27-12-26-28(17-5-4-15(10-24-17)32-20(22)23)18(27)11-25-19(29)13-7-14(21)9-16(8-13)33(2,30)31/h1,4-5,7-10,12,20H,6,11H2,2H3/p+1. The fraction of sp³-hybridized carbons (Fsp3) is 0.200. The van der Waals surface area contributed by atoms with Crippen LogP contribution >= 0.6 is 11.6 Å². The van der Waals surface area contributed by atoms with Gasteiger partial charge in [-0.15, -0.1) is 6.42 Å². The number of amides is 1. The number of ether oxygens (including phenoxy) is 1. The van der Waals surface area contributed by atoms with Gasteiger partial charge in [0.2, 0.25) is 5.82 Å². The molecule has 0 aliphatic heterocycles. The van der Waals surface area contributed by atoms with E-state index in [2.05, 4.69) is 26.1 Å². The lowest BCUT2D eigenvalue weighted by Gasteiger charge is -2.08. The predicted octanol–water partition coefficient (Wildman–Crippen LogP) is 1.78. The zero-order valence-corrected chi connectivity index (χ0v) is 18.6. The van der Waals surface area contributed by atoms with Gasteiger partial charge in [0.05, 0.1) is 11.1 Å². The number of hydrogen-bond acceptors (Lipinski definition) is 6. The molecular formula is C20H17ClF2N5O4S+. The molecule has 13 heteroatoms. The normalized spacial score (nSPS) is 11.3. The molecular weight excluding hydrogens is 480 g/mol.